The maximum Gasteiger partial charge on any atom is 0.407 e. The molecule has 1 heterocycles. The van der Waals surface area contributed by atoms with Gasteiger partial charge in [-0.1, -0.05) is 24.3 Å². The molecule has 0 aliphatic carbocycles. The topological polar surface area (TPSA) is 78.0 Å². The average Bonchev–Trinajstić information content (AvgIpc) is 3.17. The number of anilines is 1. The fourth-order valence-electron chi connectivity index (χ4n) is 2.72. The lowest BCUT2D eigenvalue weighted by Gasteiger charge is -2.19. The van der Waals surface area contributed by atoms with Crippen LogP contribution in [0.15, 0.2) is 41.4 Å². The summed E-state index contributed by atoms with van der Waals surface area (Å²) in [5.41, 5.74) is 1.97. The Labute approximate surface area is 191 Å². The maximum absolute atomic E-state index is 11.6. The molecule has 2 rings (SSSR count). The summed E-state index contributed by atoms with van der Waals surface area (Å²) < 4.78 is 5.20. The minimum Gasteiger partial charge on any atom is -0.444 e. The molecule has 3 N–H and O–H groups in total. The molecule has 0 aromatic heterocycles. The highest BCUT2D eigenvalue weighted by Gasteiger charge is 2.15. The zero-order valence-corrected chi connectivity index (χ0v) is 20.2. The number of guanidine groups is 1. The van der Waals surface area contributed by atoms with Crippen molar-refractivity contribution in [2.75, 3.05) is 38.1 Å². The number of aliphatic imine (C=N–C) groups is 1. The fraction of sp³-hybridized carbons (Fsp3) is 0.524. The van der Waals surface area contributed by atoms with Gasteiger partial charge < -0.3 is 25.6 Å². The van der Waals surface area contributed by atoms with Crippen LogP contribution >= 0.6 is 24.0 Å². The summed E-state index contributed by atoms with van der Waals surface area (Å²) in [6, 6.07) is 8.59. The van der Waals surface area contributed by atoms with E-state index in [1.54, 1.807) is 7.05 Å². The van der Waals surface area contributed by atoms with Crippen molar-refractivity contribution in [1.82, 2.24) is 16.0 Å². The van der Waals surface area contributed by atoms with Gasteiger partial charge in [-0.2, -0.15) is 0 Å². The average molecular weight is 515 g/mol. The van der Waals surface area contributed by atoms with Gasteiger partial charge in [0.2, 0.25) is 0 Å². The van der Waals surface area contributed by atoms with Gasteiger partial charge in [-0.3, -0.25) is 4.99 Å². The Bertz CT molecular complexity index is 675. The molecule has 0 saturated heterocycles. The predicted octanol–water partition coefficient (Wildman–Crippen LogP) is 3.26. The molecule has 1 amide bonds. The van der Waals surface area contributed by atoms with Gasteiger partial charge in [0.15, 0.2) is 5.96 Å². The highest BCUT2D eigenvalue weighted by atomic mass is 127. The number of halogens is 1. The van der Waals surface area contributed by atoms with Crippen molar-refractivity contribution in [3.63, 3.8) is 0 Å². The van der Waals surface area contributed by atoms with Crippen molar-refractivity contribution < 1.29 is 9.53 Å². The maximum atomic E-state index is 11.6. The summed E-state index contributed by atoms with van der Waals surface area (Å²) in [7, 11) is 1.75. The molecule has 0 atom stereocenters. The van der Waals surface area contributed by atoms with Gasteiger partial charge in [0.05, 0.1) is 0 Å². The quantitative estimate of drug-likeness (QED) is 0.171. The highest BCUT2D eigenvalue weighted by Crippen LogP contribution is 2.17. The second kappa shape index (κ2) is 12.6. The fourth-order valence-corrected chi connectivity index (χ4v) is 2.72. The zero-order chi connectivity index (χ0) is 20.4. The monoisotopic (exact) mass is 515 g/mol. The number of hydrogen-bond acceptors (Lipinski definition) is 4. The van der Waals surface area contributed by atoms with Gasteiger partial charge in [0, 0.05) is 45.5 Å². The van der Waals surface area contributed by atoms with Crippen LogP contribution in [0.5, 0.6) is 0 Å². The van der Waals surface area contributed by atoms with Crippen LogP contribution in [0.25, 0.3) is 0 Å². The first-order chi connectivity index (χ1) is 13.4. The third-order valence-corrected chi connectivity index (χ3v) is 4.12. The summed E-state index contributed by atoms with van der Waals surface area (Å²) in [6.07, 6.45) is 4.77. The summed E-state index contributed by atoms with van der Waals surface area (Å²) in [5, 5.41) is 9.30. The third kappa shape index (κ3) is 9.87. The van der Waals surface area contributed by atoms with Crippen molar-refractivity contribution in [1.29, 1.82) is 0 Å². The van der Waals surface area contributed by atoms with Gasteiger partial charge in [-0.25, -0.2) is 4.79 Å². The molecule has 0 spiro atoms. The van der Waals surface area contributed by atoms with Crippen molar-refractivity contribution in [3.05, 3.63) is 42.0 Å². The number of amides is 1. The van der Waals surface area contributed by atoms with E-state index in [0.717, 1.165) is 25.5 Å². The lowest BCUT2D eigenvalue weighted by Crippen LogP contribution is -2.39. The van der Waals surface area contributed by atoms with Crippen molar-refractivity contribution >= 4 is 41.7 Å². The van der Waals surface area contributed by atoms with Crippen LogP contribution < -0.4 is 20.9 Å². The van der Waals surface area contributed by atoms with E-state index in [2.05, 4.69) is 62.3 Å². The van der Waals surface area contributed by atoms with Crippen LogP contribution in [0.4, 0.5) is 10.5 Å². The minimum atomic E-state index is -0.474. The molecule has 0 radical (unpaired) electrons. The van der Waals surface area contributed by atoms with E-state index in [9.17, 15) is 4.79 Å². The molecule has 1 aliphatic rings. The van der Waals surface area contributed by atoms with Gasteiger partial charge in [-0.05, 0) is 44.9 Å². The number of nitrogens with zero attached hydrogens (tertiary/aromatic N) is 2. The molecule has 162 valence electrons. The molecular weight excluding hydrogens is 481 g/mol. The lowest BCUT2D eigenvalue weighted by molar-refractivity contribution is 0.0527. The summed E-state index contributed by atoms with van der Waals surface area (Å²) >= 11 is 0. The van der Waals surface area contributed by atoms with E-state index in [-0.39, 0.29) is 30.1 Å². The SMILES string of the molecule is CN=C(NCCCNC(=O)OC(C)(C)C)NCc1ccc(N2CC=CC2)cc1.I. The van der Waals surface area contributed by atoms with Crippen molar-refractivity contribution in [2.45, 2.75) is 39.3 Å². The smallest absolute Gasteiger partial charge is 0.407 e. The normalized spacial score (nSPS) is 13.7. The second-order valence-corrected chi connectivity index (χ2v) is 7.68. The predicted molar refractivity (Wildman–Crippen MR) is 130 cm³/mol. The number of nitrogens with one attached hydrogen (secondary N) is 3. The Kier molecular flexibility index (Phi) is 10.9. The van der Waals surface area contributed by atoms with Gasteiger partial charge in [0.25, 0.3) is 0 Å². The lowest BCUT2D eigenvalue weighted by atomic mass is 10.2. The van der Waals surface area contributed by atoms with Crippen LogP contribution in [0.3, 0.4) is 0 Å². The van der Waals surface area contributed by atoms with E-state index in [0.29, 0.717) is 19.6 Å². The minimum absolute atomic E-state index is 0. The zero-order valence-electron chi connectivity index (χ0n) is 17.8. The van der Waals surface area contributed by atoms with Gasteiger partial charge >= 0.3 is 6.09 Å². The van der Waals surface area contributed by atoms with E-state index in [1.807, 2.05) is 20.8 Å². The van der Waals surface area contributed by atoms with E-state index in [1.165, 1.54) is 11.3 Å². The Morgan fingerprint density at radius 1 is 1.07 bits per heavy atom. The molecule has 29 heavy (non-hydrogen) atoms. The molecule has 0 saturated carbocycles. The first-order valence-electron chi connectivity index (χ1n) is 9.77. The van der Waals surface area contributed by atoms with Crippen molar-refractivity contribution in [2.24, 2.45) is 4.99 Å². The second-order valence-electron chi connectivity index (χ2n) is 7.68. The molecule has 8 heteroatoms. The molecule has 1 aliphatic heterocycles. The van der Waals surface area contributed by atoms with Gasteiger partial charge in [0.1, 0.15) is 5.60 Å². The molecule has 0 bridgehead atoms. The highest BCUT2D eigenvalue weighted by molar-refractivity contribution is 14.0. The molecule has 1 aromatic rings. The number of alkyl carbamates (subject to hydrolysis) is 1. The Morgan fingerprint density at radius 2 is 1.69 bits per heavy atom. The first kappa shape index (κ1) is 25.1. The molecule has 7 nitrogen and oxygen atoms in total. The van der Waals surface area contributed by atoms with Crippen LogP contribution in [-0.4, -0.2) is 50.9 Å². The van der Waals surface area contributed by atoms with E-state index in [4.69, 9.17) is 4.74 Å². The largest absolute Gasteiger partial charge is 0.444 e. The summed E-state index contributed by atoms with van der Waals surface area (Å²) in [6.45, 7) is 9.47. The number of benzene rings is 1. The summed E-state index contributed by atoms with van der Waals surface area (Å²) in [5.74, 6) is 0.741. The number of rotatable bonds is 7. The Balaban J connectivity index is 0.00000420. The summed E-state index contributed by atoms with van der Waals surface area (Å²) in [4.78, 5) is 18.1. The van der Waals surface area contributed by atoms with E-state index < -0.39 is 5.60 Å². The number of ether oxygens (including phenoxy) is 1. The third-order valence-electron chi connectivity index (χ3n) is 4.12. The van der Waals surface area contributed by atoms with E-state index >= 15 is 0 Å². The molecule has 1 aromatic carbocycles. The molecule has 0 fully saturated rings. The van der Waals surface area contributed by atoms with Crippen LogP contribution in [0.1, 0.15) is 32.8 Å². The Morgan fingerprint density at radius 3 is 2.28 bits per heavy atom. The van der Waals surface area contributed by atoms with Crippen LogP contribution in [-0.2, 0) is 11.3 Å². The number of hydrogen-bond donors (Lipinski definition) is 3. The Hall–Kier alpha value is -1.97. The van der Waals surface area contributed by atoms with Crippen LogP contribution in [0.2, 0.25) is 0 Å². The molecule has 0 unspecified atom stereocenters. The van der Waals surface area contributed by atoms with Crippen molar-refractivity contribution in [3.8, 4) is 0 Å². The standard InChI is InChI=1S/C21H33N5O2.HI/c1-21(2,3)28-20(27)24-13-7-12-23-19(22-4)25-16-17-8-10-18(11-9-17)26-14-5-6-15-26;/h5-6,8-11H,7,12-16H2,1-4H3,(H,24,27)(H2,22,23,25);1H. The molecular formula is C21H34IN5O2. The van der Waals surface area contributed by atoms with Gasteiger partial charge in [-0.15, -0.1) is 24.0 Å². The number of carbonyl (C=O) groups is 1. The van der Waals surface area contributed by atoms with Crippen LogP contribution in [0, 0.1) is 0 Å². The number of carbonyl (C=O) groups excluding carboxylic acids is 1. The first-order valence-corrected chi connectivity index (χ1v) is 9.77.